The van der Waals surface area contributed by atoms with Gasteiger partial charge in [0.25, 0.3) is 0 Å². The number of likely N-dealkylation sites (N-methyl/N-ethyl adjacent to an activating group) is 1. The fourth-order valence-electron chi connectivity index (χ4n) is 5.72. The van der Waals surface area contributed by atoms with Crippen LogP contribution in [0.3, 0.4) is 0 Å². The molecule has 3 atom stereocenters. The number of anilines is 1. The Morgan fingerprint density at radius 1 is 0.750 bits per heavy atom. The highest BCUT2D eigenvalue weighted by molar-refractivity contribution is 5.89. The molecule has 0 spiro atoms. The van der Waals surface area contributed by atoms with Crippen molar-refractivity contribution in [2.24, 2.45) is 0 Å². The number of carbonyl (C=O) groups is 1. The number of benzene rings is 5. The maximum absolute atomic E-state index is 12.6. The normalized spacial score (nSPS) is 17.5. The molecule has 246 valence electrons. The number of hydrogen-bond donors (Lipinski definition) is 3. The van der Waals surface area contributed by atoms with Gasteiger partial charge in [-0.1, -0.05) is 97.1 Å². The van der Waals surface area contributed by atoms with E-state index in [0.29, 0.717) is 24.4 Å². The Morgan fingerprint density at radius 2 is 1.38 bits per heavy atom. The molecule has 0 saturated carbocycles. The molecule has 2 amide bonds. The third-order valence-electron chi connectivity index (χ3n) is 8.22. The number of nitrogens with zero attached hydrogens (tertiary/aromatic N) is 1. The summed E-state index contributed by atoms with van der Waals surface area (Å²) in [5, 5.41) is 15.3. The van der Waals surface area contributed by atoms with Crippen LogP contribution in [0.25, 0.3) is 0 Å². The maximum atomic E-state index is 12.6. The lowest BCUT2D eigenvalue weighted by Crippen LogP contribution is -2.37. The van der Waals surface area contributed by atoms with Crippen LogP contribution < -0.4 is 15.4 Å². The van der Waals surface area contributed by atoms with Gasteiger partial charge in [0.15, 0.2) is 6.29 Å². The molecule has 5 aromatic rings. The van der Waals surface area contributed by atoms with Gasteiger partial charge in [0.2, 0.25) is 0 Å². The van der Waals surface area contributed by atoms with Crippen molar-refractivity contribution in [3.8, 4) is 11.5 Å². The van der Waals surface area contributed by atoms with E-state index in [4.69, 9.17) is 14.2 Å². The van der Waals surface area contributed by atoms with Gasteiger partial charge in [0.05, 0.1) is 18.8 Å². The monoisotopic (exact) mass is 643 g/mol. The largest absolute Gasteiger partial charge is 0.457 e. The van der Waals surface area contributed by atoms with Gasteiger partial charge in [0.1, 0.15) is 11.5 Å². The molecule has 1 heterocycles. The summed E-state index contributed by atoms with van der Waals surface area (Å²) < 4.78 is 18.9. The molecule has 6 rings (SSSR count). The van der Waals surface area contributed by atoms with Gasteiger partial charge in [-0.3, -0.25) is 4.90 Å². The molecule has 0 aromatic heterocycles. The first-order chi connectivity index (χ1) is 23.5. The summed E-state index contributed by atoms with van der Waals surface area (Å²) in [5.41, 5.74) is 5.70. The highest BCUT2D eigenvalue weighted by Crippen LogP contribution is 2.38. The van der Waals surface area contributed by atoms with Crippen LogP contribution in [0.2, 0.25) is 0 Å². The van der Waals surface area contributed by atoms with Crippen molar-refractivity contribution in [3.05, 3.63) is 161 Å². The van der Waals surface area contributed by atoms with E-state index in [-0.39, 0.29) is 24.8 Å². The predicted octanol–water partition coefficient (Wildman–Crippen LogP) is 7.97. The van der Waals surface area contributed by atoms with Crippen LogP contribution in [-0.2, 0) is 29.2 Å². The summed E-state index contributed by atoms with van der Waals surface area (Å²) in [5.74, 6) is 1.44. The first kappa shape index (κ1) is 32.9. The molecule has 1 saturated heterocycles. The highest BCUT2D eigenvalue weighted by atomic mass is 16.7. The highest BCUT2D eigenvalue weighted by Gasteiger charge is 2.32. The van der Waals surface area contributed by atoms with E-state index < -0.39 is 6.29 Å². The van der Waals surface area contributed by atoms with E-state index in [1.807, 2.05) is 97.1 Å². The number of nitrogens with one attached hydrogen (secondary N) is 2. The van der Waals surface area contributed by atoms with Gasteiger partial charge in [-0.05, 0) is 65.7 Å². The Balaban J connectivity index is 1.05. The summed E-state index contributed by atoms with van der Waals surface area (Å²) >= 11 is 0. The Bertz CT molecular complexity index is 1720. The molecule has 8 nitrogen and oxygen atoms in total. The topological polar surface area (TPSA) is 92.3 Å². The lowest BCUT2D eigenvalue weighted by molar-refractivity contribution is -0.252. The van der Waals surface area contributed by atoms with Crippen LogP contribution >= 0.6 is 0 Å². The second-order valence-electron chi connectivity index (χ2n) is 12.0. The second kappa shape index (κ2) is 16.2. The van der Waals surface area contributed by atoms with Crippen LogP contribution in [0.1, 0.15) is 46.6 Å². The number of carbonyl (C=O) groups excluding carboxylic acids is 1. The standard InChI is InChI=1S/C40H41N3O5/c1-43(26-30-8-4-2-5-9-30)27-37-24-38(32-16-14-31(28-44)15-17-32)48-39(47-37)33-18-12-29(13-19-33)25-41-40(45)42-34-20-22-36(23-21-34)46-35-10-6-3-7-11-35/h2-23,37-39,44H,24-28H2,1H3,(H2,41,42,45)/t37-,38+,39+/m1/s1. The minimum absolute atomic E-state index is 0.00499. The van der Waals surface area contributed by atoms with Crippen LogP contribution in [0.5, 0.6) is 11.5 Å². The van der Waals surface area contributed by atoms with Crippen LogP contribution in [0.15, 0.2) is 133 Å². The molecule has 3 N–H and O–H groups in total. The summed E-state index contributed by atoms with van der Waals surface area (Å²) in [7, 11) is 2.11. The van der Waals surface area contributed by atoms with Gasteiger partial charge >= 0.3 is 6.03 Å². The zero-order valence-electron chi connectivity index (χ0n) is 27.0. The predicted molar refractivity (Wildman–Crippen MR) is 186 cm³/mol. The second-order valence-corrected chi connectivity index (χ2v) is 12.0. The van der Waals surface area contributed by atoms with E-state index in [1.165, 1.54) is 5.56 Å². The molecule has 1 aliphatic rings. The molecule has 5 aromatic carbocycles. The molecule has 0 radical (unpaired) electrons. The van der Waals surface area contributed by atoms with Crippen LogP contribution in [0, 0.1) is 0 Å². The van der Waals surface area contributed by atoms with E-state index in [1.54, 1.807) is 12.1 Å². The van der Waals surface area contributed by atoms with Gasteiger partial charge in [-0.2, -0.15) is 0 Å². The summed E-state index contributed by atoms with van der Waals surface area (Å²) in [4.78, 5) is 14.9. The smallest absolute Gasteiger partial charge is 0.319 e. The molecular formula is C40H41N3O5. The van der Waals surface area contributed by atoms with Crippen molar-refractivity contribution in [1.29, 1.82) is 0 Å². The minimum atomic E-state index is -0.546. The Hall–Kier alpha value is -4.99. The molecule has 0 unspecified atom stereocenters. The lowest BCUT2D eigenvalue weighted by Gasteiger charge is -2.38. The molecular weight excluding hydrogens is 602 g/mol. The number of amides is 2. The van der Waals surface area contributed by atoms with E-state index in [9.17, 15) is 9.90 Å². The first-order valence-electron chi connectivity index (χ1n) is 16.2. The van der Waals surface area contributed by atoms with Gasteiger partial charge in [-0.25, -0.2) is 4.79 Å². The van der Waals surface area contributed by atoms with Crippen molar-refractivity contribution in [2.45, 2.75) is 44.6 Å². The average molecular weight is 644 g/mol. The molecule has 1 fully saturated rings. The SMILES string of the molecule is CN(Cc1ccccc1)C[C@H]1C[C@@H](c2ccc(CO)cc2)O[C@@H](c2ccc(CNC(=O)Nc3ccc(Oc4ccccc4)cc3)cc2)O1. The molecule has 1 aliphatic heterocycles. The number of para-hydroxylation sites is 1. The molecule has 0 bridgehead atoms. The van der Waals surface area contributed by atoms with Crippen LogP contribution in [-0.4, -0.2) is 35.7 Å². The summed E-state index contributed by atoms with van der Waals surface area (Å²) in [6.45, 7) is 1.94. The fourth-order valence-corrected chi connectivity index (χ4v) is 5.72. The summed E-state index contributed by atoms with van der Waals surface area (Å²) in [6.07, 6.45) is -0.0382. The van der Waals surface area contributed by atoms with Crippen LogP contribution in [0.4, 0.5) is 10.5 Å². The quantitative estimate of drug-likeness (QED) is 0.128. The van der Waals surface area contributed by atoms with Crippen molar-refractivity contribution in [2.75, 3.05) is 18.9 Å². The van der Waals surface area contributed by atoms with Gasteiger partial charge in [-0.15, -0.1) is 0 Å². The minimum Gasteiger partial charge on any atom is -0.457 e. The van der Waals surface area contributed by atoms with Crippen molar-refractivity contribution in [3.63, 3.8) is 0 Å². The molecule has 48 heavy (non-hydrogen) atoms. The average Bonchev–Trinajstić information content (AvgIpc) is 3.12. The van der Waals surface area contributed by atoms with E-state index >= 15 is 0 Å². The zero-order valence-corrected chi connectivity index (χ0v) is 27.0. The van der Waals surface area contributed by atoms with E-state index in [0.717, 1.165) is 41.1 Å². The van der Waals surface area contributed by atoms with Crippen molar-refractivity contribution in [1.82, 2.24) is 10.2 Å². The maximum Gasteiger partial charge on any atom is 0.319 e. The summed E-state index contributed by atoms with van der Waals surface area (Å²) in [6, 6.07) is 42.8. The Labute approximate surface area is 281 Å². The Morgan fingerprint density at radius 3 is 2.06 bits per heavy atom. The van der Waals surface area contributed by atoms with E-state index in [2.05, 4.69) is 46.8 Å². The number of aliphatic hydroxyl groups is 1. The van der Waals surface area contributed by atoms with Gasteiger partial charge in [0, 0.05) is 37.3 Å². The molecule has 0 aliphatic carbocycles. The fraction of sp³-hybridized carbons (Fsp3) is 0.225. The number of hydrogen-bond acceptors (Lipinski definition) is 6. The zero-order chi connectivity index (χ0) is 33.1. The third kappa shape index (κ3) is 9.30. The lowest BCUT2D eigenvalue weighted by atomic mass is 9.99. The van der Waals surface area contributed by atoms with Gasteiger partial charge < -0.3 is 30.0 Å². The number of aliphatic hydroxyl groups excluding tert-OH is 1. The van der Waals surface area contributed by atoms with Crippen molar-refractivity contribution >= 4 is 11.7 Å². The van der Waals surface area contributed by atoms with Crippen molar-refractivity contribution < 1.29 is 24.1 Å². The number of urea groups is 1. The molecule has 8 heteroatoms. The number of ether oxygens (including phenoxy) is 3. The third-order valence-corrected chi connectivity index (χ3v) is 8.22. The first-order valence-corrected chi connectivity index (χ1v) is 16.2. The number of rotatable bonds is 12. The Kier molecular flexibility index (Phi) is 11.1.